The number of rotatable bonds is 5. The minimum absolute atomic E-state index is 0.714. The Balaban J connectivity index is 2.61. The third-order valence-electron chi connectivity index (χ3n) is 1.99. The fourth-order valence-electron chi connectivity index (χ4n) is 1.11. The lowest BCUT2D eigenvalue weighted by Crippen LogP contribution is -2.19. The van der Waals surface area contributed by atoms with E-state index in [1.165, 1.54) is 10.8 Å². The zero-order valence-electron chi connectivity index (χ0n) is 8.01. The summed E-state index contributed by atoms with van der Waals surface area (Å²) in [5.74, 6) is 0.981. The van der Waals surface area contributed by atoms with Crippen molar-refractivity contribution < 1.29 is 4.79 Å². The van der Waals surface area contributed by atoms with Crippen LogP contribution >= 0.6 is 22.5 Å². The number of carbonyl (C=O) groups excluding carboxylic acids is 1. The predicted octanol–water partition coefficient (Wildman–Crippen LogP) is 2.51. The minimum atomic E-state index is 0.714. The fourth-order valence-corrected chi connectivity index (χ4v) is 1.71. The van der Waals surface area contributed by atoms with Gasteiger partial charge in [0.2, 0.25) is 0 Å². The van der Waals surface area contributed by atoms with Crippen LogP contribution in [-0.2, 0) is 0 Å². The molecule has 0 N–H and O–H groups in total. The normalized spacial score (nSPS) is 9.86. The first-order valence-corrected chi connectivity index (χ1v) is 6.34. The summed E-state index contributed by atoms with van der Waals surface area (Å²) < 4.78 is 0. The molecule has 0 aliphatic heterocycles. The van der Waals surface area contributed by atoms with Crippen molar-refractivity contribution in [2.45, 2.75) is 0 Å². The van der Waals surface area contributed by atoms with Crippen LogP contribution < -0.4 is 4.90 Å². The summed E-state index contributed by atoms with van der Waals surface area (Å²) in [6.07, 6.45) is 0.855. The molecule has 14 heavy (non-hydrogen) atoms. The Labute approximate surface area is 93.5 Å². The van der Waals surface area contributed by atoms with Crippen molar-refractivity contribution in [1.82, 2.24) is 0 Å². The first-order chi connectivity index (χ1) is 6.77. The molecule has 0 aromatic heterocycles. The molecule has 0 radical (unpaired) electrons. The average molecular weight is 227 g/mol. The Morgan fingerprint density at radius 3 is 2.57 bits per heavy atom. The number of nitrogens with zero attached hydrogens (tertiary/aromatic N) is 1. The van der Waals surface area contributed by atoms with Crippen molar-refractivity contribution in [1.29, 1.82) is 0 Å². The maximum atomic E-state index is 10.4. The van der Waals surface area contributed by atoms with E-state index in [0.717, 1.165) is 24.3 Å². The van der Waals surface area contributed by atoms with Crippen LogP contribution in [0, 0.1) is 0 Å². The van der Waals surface area contributed by atoms with Gasteiger partial charge in [-0.2, -0.15) is 0 Å². The van der Waals surface area contributed by atoms with E-state index in [4.69, 9.17) is 0 Å². The first-order valence-electron chi connectivity index (χ1n) is 4.30. The standard InChI is InChI=1S/C10H13NOS2/c1-11(6-7-14-13)10-4-2-9(8-12)3-5-10/h2-5,8,13H,6-7H2,1H3. The van der Waals surface area contributed by atoms with Crippen molar-refractivity contribution in [2.24, 2.45) is 0 Å². The van der Waals surface area contributed by atoms with E-state index in [-0.39, 0.29) is 0 Å². The first kappa shape index (κ1) is 11.5. The van der Waals surface area contributed by atoms with E-state index in [9.17, 15) is 4.79 Å². The van der Waals surface area contributed by atoms with Gasteiger partial charge in [0.25, 0.3) is 0 Å². The number of hydrogen-bond donors (Lipinski definition) is 1. The average Bonchev–Trinajstić information content (AvgIpc) is 2.26. The van der Waals surface area contributed by atoms with E-state index < -0.39 is 0 Å². The summed E-state index contributed by atoms with van der Waals surface area (Å²) in [7, 11) is 3.56. The van der Waals surface area contributed by atoms with E-state index in [1.807, 2.05) is 31.3 Å². The topological polar surface area (TPSA) is 20.3 Å². The van der Waals surface area contributed by atoms with Crippen molar-refractivity contribution in [3.05, 3.63) is 29.8 Å². The van der Waals surface area contributed by atoms with E-state index in [0.29, 0.717) is 5.56 Å². The zero-order valence-corrected chi connectivity index (χ0v) is 9.72. The van der Waals surface area contributed by atoms with Gasteiger partial charge in [0.05, 0.1) is 0 Å². The Bertz CT molecular complexity index is 287. The van der Waals surface area contributed by atoms with Crippen LogP contribution in [0.1, 0.15) is 10.4 Å². The molecule has 1 aromatic carbocycles. The van der Waals surface area contributed by atoms with Crippen molar-refractivity contribution in [3.63, 3.8) is 0 Å². The molecular formula is C10H13NOS2. The van der Waals surface area contributed by atoms with Crippen LogP contribution in [0.5, 0.6) is 0 Å². The quantitative estimate of drug-likeness (QED) is 0.474. The molecular weight excluding hydrogens is 214 g/mol. The Kier molecular flexibility index (Phi) is 4.90. The van der Waals surface area contributed by atoms with Crippen molar-refractivity contribution >= 4 is 34.4 Å². The summed E-state index contributed by atoms with van der Waals surface area (Å²) in [5, 5.41) is 0. The van der Waals surface area contributed by atoms with Crippen LogP contribution in [0.3, 0.4) is 0 Å². The van der Waals surface area contributed by atoms with Gasteiger partial charge in [0, 0.05) is 30.6 Å². The molecule has 0 aliphatic rings. The van der Waals surface area contributed by atoms with Gasteiger partial charge in [0.1, 0.15) is 6.29 Å². The highest BCUT2D eigenvalue weighted by atomic mass is 33.1. The number of thiol groups is 1. The summed E-state index contributed by atoms with van der Waals surface area (Å²) in [6.45, 7) is 0.953. The van der Waals surface area contributed by atoms with E-state index in [1.54, 1.807) is 0 Å². The van der Waals surface area contributed by atoms with Crippen LogP contribution in [0.25, 0.3) is 0 Å². The number of carbonyl (C=O) groups is 1. The smallest absolute Gasteiger partial charge is 0.150 e. The molecule has 76 valence electrons. The lowest BCUT2D eigenvalue weighted by atomic mass is 10.2. The second kappa shape index (κ2) is 5.98. The summed E-state index contributed by atoms with van der Waals surface area (Å²) in [6, 6.07) is 7.55. The molecule has 0 bridgehead atoms. The fraction of sp³-hybridized carbons (Fsp3) is 0.300. The highest BCUT2D eigenvalue weighted by Gasteiger charge is 1.99. The van der Waals surface area contributed by atoms with Crippen LogP contribution in [0.4, 0.5) is 5.69 Å². The lowest BCUT2D eigenvalue weighted by molar-refractivity contribution is 0.112. The van der Waals surface area contributed by atoms with Crippen LogP contribution in [0.2, 0.25) is 0 Å². The third-order valence-corrected chi connectivity index (χ3v) is 2.90. The second-order valence-corrected chi connectivity index (χ2v) is 4.41. The molecule has 0 unspecified atom stereocenters. The van der Waals surface area contributed by atoms with Crippen molar-refractivity contribution in [3.8, 4) is 0 Å². The molecule has 0 aliphatic carbocycles. The van der Waals surface area contributed by atoms with Gasteiger partial charge in [0.15, 0.2) is 0 Å². The molecule has 0 spiro atoms. The number of anilines is 1. The molecule has 0 saturated carbocycles. The molecule has 0 saturated heterocycles. The number of aldehydes is 1. The van der Waals surface area contributed by atoms with E-state index in [2.05, 4.69) is 16.6 Å². The van der Waals surface area contributed by atoms with Crippen LogP contribution in [0.15, 0.2) is 24.3 Å². The van der Waals surface area contributed by atoms with Gasteiger partial charge in [-0.05, 0) is 24.3 Å². The highest BCUT2D eigenvalue weighted by molar-refractivity contribution is 8.68. The molecule has 0 amide bonds. The lowest BCUT2D eigenvalue weighted by Gasteiger charge is -2.18. The molecule has 4 heteroatoms. The van der Waals surface area contributed by atoms with Gasteiger partial charge in [-0.1, -0.05) is 10.8 Å². The SMILES string of the molecule is CN(CCSS)c1ccc(C=O)cc1. The largest absolute Gasteiger partial charge is 0.374 e. The van der Waals surface area contributed by atoms with Crippen molar-refractivity contribution in [2.75, 3.05) is 24.2 Å². The maximum absolute atomic E-state index is 10.4. The number of benzene rings is 1. The molecule has 1 aromatic rings. The zero-order chi connectivity index (χ0) is 10.4. The Morgan fingerprint density at radius 1 is 1.43 bits per heavy atom. The second-order valence-electron chi connectivity index (χ2n) is 2.96. The highest BCUT2D eigenvalue weighted by Crippen LogP contribution is 2.14. The number of hydrogen-bond acceptors (Lipinski definition) is 4. The molecule has 1 rings (SSSR count). The summed E-state index contributed by atoms with van der Waals surface area (Å²) >= 11 is 4.08. The summed E-state index contributed by atoms with van der Waals surface area (Å²) in [4.78, 5) is 12.6. The minimum Gasteiger partial charge on any atom is -0.374 e. The molecule has 0 fully saturated rings. The van der Waals surface area contributed by atoms with Gasteiger partial charge in [-0.3, -0.25) is 4.79 Å². The van der Waals surface area contributed by atoms with Gasteiger partial charge in [-0.15, -0.1) is 11.7 Å². The maximum Gasteiger partial charge on any atom is 0.150 e. The van der Waals surface area contributed by atoms with E-state index >= 15 is 0 Å². The Morgan fingerprint density at radius 2 is 2.07 bits per heavy atom. The molecule has 0 heterocycles. The Hall–Kier alpha value is -0.610. The van der Waals surface area contributed by atoms with Crippen LogP contribution in [-0.4, -0.2) is 25.6 Å². The predicted molar refractivity (Wildman–Crippen MR) is 66.5 cm³/mol. The molecule has 0 atom stereocenters. The third kappa shape index (κ3) is 3.27. The van der Waals surface area contributed by atoms with Gasteiger partial charge in [-0.25, -0.2) is 0 Å². The monoisotopic (exact) mass is 227 g/mol. The molecule has 2 nitrogen and oxygen atoms in total. The van der Waals surface area contributed by atoms with Gasteiger partial charge >= 0.3 is 0 Å². The van der Waals surface area contributed by atoms with Gasteiger partial charge < -0.3 is 4.90 Å². The summed E-state index contributed by atoms with van der Waals surface area (Å²) in [5.41, 5.74) is 1.84.